The van der Waals surface area contributed by atoms with E-state index in [0.717, 1.165) is 34.4 Å². The van der Waals surface area contributed by atoms with Crippen molar-refractivity contribution in [3.05, 3.63) is 66.2 Å². The fourth-order valence-electron chi connectivity index (χ4n) is 8.76. The first kappa shape index (κ1) is 71.3. The summed E-state index contributed by atoms with van der Waals surface area (Å²) in [6.45, 7) is 7.05. The van der Waals surface area contributed by atoms with Crippen molar-refractivity contribution in [3.8, 4) is 0 Å². The second-order valence-electron chi connectivity index (χ2n) is 20.8. The molecule has 86 heavy (non-hydrogen) atoms. The van der Waals surface area contributed by atoms with Crippen LogP contribution in [0, 0.1) is 5.92 Å². The molecule has 0 spiro atoms. The van der Waals surface area contributed by atoms with E-state index in [0.29, 0.717) is 30.5 Å². The zero-order chi connectivity index (χ0) is 64.2. The number of rotatable bonds is 37. The Balaban J connectivity index is 1.86. The van der Waals surface area contributed by atoms with Crippen molar-refractivity contribution >= 4 is 81.8 Å². The first-order chi connectivity index (χ1) is 40.7. The van der Waals surface area contributed by atoms with Crippen molar-refractivity contribution in [2.45, 2.75) is 141 Å². The third-order valence-corrected chi connectivity index (χ3v) is 13.6. The van der Waals surface area contributed by atoms with Gasteiger partial charge in [0.2, 0.25) is 53.2 Å². The van der Waals surface area contributed by atoms with Gasteiger partial charge in [0, 0.05) is 50.9 Å². The predicted octanol–water partition coefficient (Wildman–Crippen LogP) is -4.60. The number of aliphatic hydroxyl groups excluding tert-OH is 2. The van der Waals surface area contributed by atoms with Gasteiger partial charge in [0.25, 0.3) is 0 Å². The number of nitrogens with one attached hydrogen (secondary N) is 8. The number of guanidine groups is 2. The summed E-state index contributed by atoms with van der Waals surface area (Å²) in [7, 11) is 0. The summed E-state index contributed by atoms with van der Waals surface area (Å²) in [5, 5.41) is 50.3. The molecule has 3 rings (SSSR count). The van der Waals surface area contributed by atoms with Crippen LogP contribution in [-0.4, -0.2) is 206 Å². The number of nitrogens with two attached hydrogens (primary N) is 5. The molecule has 3 aromatic rings. The molecule has 474 valence electrons. The zero-order valence-electron chi connectivity index (χ0n) is 49.4. The molecule has 1 unspecified atom stereocenters. The fraction of sp³-hybridized carbons (Fsp3) is 0.545. The van der Waals surface area contributed by atoms with Crippen molar-refractivity contribution < 1.29 is 63.3 Å². The lowest BCUT2D eigenvalue weighted by Crippen LogP contribution is -2.62. The normalized spacial score (nSPS) is 14.5. The number of imidazole rings is 1. The van der Waals surface area contributed by atoms with Gasteiger partial charge in [-0.25, -0.2) is 4.98 Å². The summed E-state index contributed by atoms with van der Waals surface area (Å²) in [6, 6.07) is 2.59. The smallest absolute Gasteiger partial charge is 0.323 e. The second-order valence-corrected chi connectivity index (χ2v) is 20.8. The Labute approximate surface area is 498 Å². The molecule has 1 aromatic heterocycles. The SMILES string of the molecule is CCCN(CC(=O)O)C(=O)[C@@H](NC(=O)CN(CCCN=C(N)N)C(=O)CNC(=O)[C@@H](NC(=O)[C@@H](NC(=O)[C@H](Cc1cnc[nH]1)NC(=O)[C@H](Cc1cccc2ccccc12)NC(=O)[C@H](C)NC(=O)[C@@H](N)CCCN=C(N)N)[C@@H](C)O)[C@@H](C)O)C(C)CC. The number of aliphatic imine (C=N–C) groups is 2. The van der Waals surface area contributed by atoms with Crippen molar-refractivity contribution in [1.29, 1.82) is 0 Å². The maximum absolute atomic E-state index is 14.6. The van der Waals surface area contributed by atoms with Gasteiger partial charge < -0.3 is 96.0 Å². The minimum Gasteiger partial charge on any atom is -0.480 e. The number of hydrogen-bond donors (Lipinski definition) is 16. The Morgan fingerprint density at radius 1 is 0.651 bits per heavy atom. The fourth-order valence-corrected chi connectivity index (χ4v) is 8.76. The Morgan fingerprint density at radius 3 is 1.85 bits per heavy atom. The number of benzene rings is 2. The third kappa shape index (κ3) is 24.0. The van der Waals surface area contributed by atoms with Crippen LogP contribution in [0.15, 0.2) is 65.0 Å². The van der Waals surface area contributed by atoms with Crippen LogP contribution >= 0.6 is 0 Å². The Bertz CT molecular complexity index is 2820. The summed E-state index contributed by atoms with van der Waals surface area (Å²) >= 11 is 0. The maximum atomic E-state index is 14.6. The molecule has 0 fully saturated rings. The van der Waals surface area contributed by atoms with Gasteiger partial charge in [-0.15, -0.1) is 0 Å². The number of aromatic nitrogens is 2. The van der Waals surface area contributed by atoms with Gasteiger partial charge in [-0.2, -0.15) is 0 Å². The lowest BCUT2D eigenvalue weighted by molar-refractivity contribution is -0.147. The molecule has 31 heteroatoms. The topological polar surface area (TPSA) is 506 Å². The number of amides is 9. The largest absolute Gasteiger partial charge is 0.480 e. The average Bonchev–Trinajstić information content (AvgIpc) is 3.32. The van der Waals surface area contributed by atoms with E-state index < -0.39 is 139 Å². The van der Waals surface area contributed by atoms with E-state index in [4.69, 9.17) is 28.7 Å². The molecule has 0 saturated heterocycles. The zero-order valence-corrected chi connectivity index (χ0v) is 49.4. The third-order valence-electron chi connectivity index (χ3n) is 13.6. The van der Waals surface area contributed by atoms with E-state index in [2.05, 4.69) is 57.2 Å². The Morgan fingerprint density at radius 2 is 1.24 bits per heavy atom. The van der Waals surface area contributed by atoms with Crippen LogP contribution in [0.5, 0.6) is 0 Å². The molecule has 0 aliphatic rings. The second kappa shape index (κ2) is 36.0. The number of fused-ring (bicyclic) bond motifs is 1. The summed E-state index contributed by atoms with van der Waals surface area (Å²) < 4.78 is 0. The van der Waals surface area contributed by atoms with Gasteiger partial charge in [0.15, 0.2) is 11.9 Å². The molecule has 31 nitrogen and oxygen atoms in total. The first-order valence-electron chi connectivity index (χ1n) is 28.2. The summed E-state index contributed by atoms with van der Waals surface area (Å²) in [6.07, 6.45) is 0.434. The highest BCUT2D eigenvalue weighted by atomic mass is 16.4. The quantitative estimate of drug-likeness (QED) is 0.0147. The van der Waals surface area contributed by atoms with Crippen molar-refractivity contribution in [2.24, 2.45) is 44.6 Å². The highest BCUT2D eigenvalue weighted by molar-refractivity contribution is 5.98. The number of aromatic amines is 1. The van der Waals surface area contributed by atoms with Crippen molar-refractivity contribution in [2.75, 3.05) is 45.8 Å². The molecule has 0 bridgehead atoms. The van der Waals surface area contributed by atoms with Crippen LogP contribution in [-0.2, 0) is 60.8 Å². The van der Waals surface area contributed by atoms with E-state index in [1.807, 2.05) is 24.3 Å². The lowest BCUT2D eigenvalue weighted by atomic mass is 9.97. The first-order valence-corrected chi connectivity index (χ1v) is 28.2. The van der Waals surface area contributed by atoms with Crippen molar-refractivity contribution in [1.82, 2.24) is 57.0 Å². The van der Waals surface area contributed by atoms with Gasteiger partial charge in [-0.1, -0.05) is 69.7 Å². The molecule has 1 heterocycles. The van der Waals surface area contributed by atoms with E-state index >= 15 is 0 Å². The monoisotopic (exact) mass is 1210 g/mol. The average molecular weight is 1210 g/mol. The number of nitrogens with zero attached hydrogens (tertiary/aromatic N) is 5. The minimum atomic E-state index is -1.86. The van der Waals surface area contributed by atoms with Gasteiger partial charge in [0.05, 0.1) is 37.7 Å². The number of aliphatic hydroxyl groups is 2. The van der Waals surface area contributed by atoms with E-state index in [-0.39, 0.29) is 63.8 Å². The Kier molecular flexibility index (Phi) is 29.8. The summed E-state index contributed by atoms with van der Waals surface area (Å²) in [5.41, 5.74) is 28.7. The van der Waals surface area contributed by atoms with Gasteiger partial charge in [-0.3, -0.25) is 57.9 Å². The standard InChI is InChI=1S/C55H86N18O13/c1-7-21-73(28-43(78)79)53(86)44(30(3)8-2)69-41(76)27-72(22-13-20-63-55(59)60)42(77)26-64-51(84)45(32(5)74)71-52(85)46(33(6)75)70-50(83)40(24-36-25-61-29-65-36)68-49(82)39(23-35-16-11-15-34-14-9-10-17-37(34)35)67-47(80)31(4)66-48(81)38(56)18-12-19-62-54(57)58/h9-11,14-17,25,29-33,38-40,44-46,74-75H,7-8,12-13,18-24,26-28,56H2,1-6H3,(H,61,65)(H,64,84)(H,66,81)(H,67,80)(H,68,82)(H,69,76)(H,70,83)(H,71,85)(H,78,79)(H4,57,58,62)(H4,59,60,63)/t30?,31-,32+,33+,38-,39-,40-,44-,45-,46-/m0/s1. The van der Waals surface area contributed by atoms with Crippen LogP contribution in [0.1, 0.15) is 84.9 Å². The van der Waals surface area contributed by atoms with Gasteiger partial charge >= 0.3 is 5.97 Å². The molecule has 9 amide bonds. The lowest BCUT2D eigenvalue weighted by Gasteiger charge is -2.31. The predicted molar refractivity (Wildman–Crippen MR) is 317 cm³/mol. The maximum Gasteiger partial charge on any atom is 0.323 e. The van der Waals surface area contributed by atoms with E-state index in [1.165, 1.54) is 19.4 Å². The number of carbonyl (C=O) groups excluding carboxylic acids is 9. The van der Waals surface area contributed by atoms with Crippen LogP contribution in [0.4, 0.5) is 0 Å². The number of carboxylic acids is 1. The molecule has 0 saturated carbocycles. The Hall–Kier alpha value is -8.97. The number of carboxylic acid groups (broad SMARTS) is 1. The molecular formula is C55H86N18O13. The number of aliphatic carboxylic acids is 1. The molecule has 0 aliphatic heterocycles. The summed E-state index contributed by atoms with van der Waals surface area (Å²) in [5.74, 6) is -10.0. The summed E-state index contributed by atoms with van der Waals surface area (Å²) in [4.78, 5) is 153. The van der Waals surface area contributed by atoms with E-state index in [9.17, 15) is 63.3 Å². The molecule has 2 aromatic carbocycles. The number of H-pyrrole nitrogens is 1. The minimum absolute atomic E-state index is 0.0249. The van der Waals surface area contributed by atoms with Crippen molar-refractivity contribution in [3.63, 3.8) is 0 Å². The van der Waals surface area contributed by atoms with E-state index in [1.54, 1.807) is 39.0 Å². The number of carbonyl (C=O) groups is 10. The molecule has 0 radical (unpaired) electrons. The van der Waals surface area contributed by atoms with Crippen LogP contribution in [0.25, 0.3) is 10.8 Å². The van der Waals surface area contributed by atoms with Gasteiger partial charge in [0.1, 0.15) is 42.8 Å². The van der Waals surface area contributed by atoms with Crippen LogP contribution in [0.3, 0.4) is 0 Å². The highest BCUT2D eigenvalue weighted by Gasteiger charge is 2.37. The highest BCUT2D eigenvalue weighted by Crippen LogP contribution is 2.21. The molecule has 21 N–H and O–H groups in total. The molecular weight excluding hydrogens is 1120 g/mol. The van der Waals surface area contributed by atoms with Crippen LogP contribution < -0.4 is 65.9 Å². The number of hydrogen-bond acceptors (Lipinski definition) is 16. The molecule has 10 atom stereocenters. The molecule has 0 aliphatic carbocycles. The van der Waals surface area contributed by atoms with Crippen LogP contribution in [0.2, 0.25) is 0 Å². The van der Waals surface area contributed by atoms with Gasteiger partial charge in [-0.05, 0) is 68.7 Å².